The van der Waals surface area contributed by atoms with Crippen molar-refractivity contribution >= 4 is 29.5 Å². The van der Waals surface area contributed by atoms with Gasteiger partial charge in [-0.1, -0.05) is 18.2 Å². The molecule has 7 nitrogen and oxygen atoms in total. The highest BCUT2D eigenvalue weighted by molar-refractivity contribution is 7.71. The minimum atomic E-state index is 0.0820. The molecule has 0 radical (unpaired) electrons. The summed E-state index contributed by atoms with van der Waals surface area (Å²) in [6.45, 7) is 4.45. The van der Waals surface area contributed by atoms with E-state index in [2.05, 4.69) is 10.2 Å². The summed E-state index contributed by atoms with van der Waals surface area (Å²) in [6, 6.07) is 11.7. The SMILES string of the molecule is CCOc1ccccc1OC1CCN(C(=O)CCn2c(-c3cccs3)n[nH]c2=S)CC1. The zero-order valence-electron chi connectivity index (χ0n) is 17.5. The molecule has 0 spiro atoms. The van der Waals surface area contributed by atoms with E-state index in [0.29, 0.717) is 37.4 Å². The van der Waals surface area contributed by atoms with Gasteiger partial charge in [0.25, 0.3) is 0 Å². The zero-order chi connectivity index (χ0) is 21.6. The van der Waals surface area contributed by atoms with Crippen LogP contribution >= 0.6 is 23.6 Å². The lowest BCUT2D eigenvalue weighted by molar-refractivity contribution is -0.133. The quantitative estimate of drug-likeness (QED) is 0.502. The molecule has 4 rings (SSSR count). The van der Waals surface area contributed by atoms with Crippen molar-refractivity contribution in [2.75, 3.05) is 19.7 Å². The van der Waals surface area contributed by atoms with Crippen molar-refractivity contribution in [3.63, 3.8) is 0 Å². The van der Waals surface area contributed by atoms with Crippen molar-refractivity contribution in [2.45, 2.75) is 38.8 Å². The largest absolute Gasteiger partial charge is 0.490 e. The van der Waals surface area contributed by atoms with Gasteiger partial charge in [0.05, 0.1) is 11.5 Å². The van der Waals surface area contributed by atoms with Crippen LogP contribution in [0.4, 0.5) is 0 Å². The molecule has 0 saturated carbocycles. The van der Waals surface area contributed by atoms with Crippen LogP contribution in [0.1, 0.15) is 26.2 Å². The van der Waals surface area contributed by atoms with Crippen LogP contribution in [0.25, 0.3) is 10.7 Å². The lowest BCUT2D eigenvalue weighted by Gasteiger charge is -2.32. The van der Waals surface area contributed by atoms with Crippen LogP contribution < -0.4 is 9.47 Å². The number of nitrogens with zero attached hydrogens (tertiary/aromatic N) is 3. The van der Waals surface area contributed by atoms with Gasteiger partial charge in [-0.15, -0.1) is 11.3 Å². The summed E-state index contributed by atoms with van der Waals surface area (Å²) in [6.07, 6.45) is 2.08. The summed E-state index contributed by atoms with van der Waals surface area (Å²) < 4.78 is 14.3. The Bertz CT molecular complexity index is 1050. The molecule has 164 valence electrons. The Labute approximate surface area is 190 Å². The van der Waals surface area contributed by atoms with Crippen LogP contribution in [-0.4, -0.2) is 51.4 Å². The van der Waals surface area contributed by atoms with E-state index in [9.17, 15) is 4.79 Å². The highest BCUT2D eigenvalue weighted by Crippen LogP contribution is 2.29. The normalized spacial score (nSPS) is 14.5. The number of piperidine rings is 1. The first kappa shape index (κ1) is 21.6. The van der Waals surface area contributed by atoms with Crippen LogP contribution in [0.15, 0.2) is 41.8 Å². The number of aromatic nitrogens is 3. The molecule has 1 aliphatic rings. The summed E-state index contributed by atoms with van der Waals surface area (Å²) in [4.78, 5) is 15.7. The standard InChI is InChI=1S/C22H26N4O3S2/c1-2-28-17-6-3-4-7-18(17)29-16-9-12-25(13-10-16)20(27)11-14-26-21(23-24-22(26)30)19-8-5-15-31-19/h3-8,15-16H,2,9-14H2,1H3,(H,24,30). The van der Waals surface area contributed by atoms with Gasteiger partial charge in [-0.2, -0.15) is 5.10 Å². The number of likely N-dealkylation sites (tertiary alicyclic amines) is 1. The third kappa shape index (κ3) is 5.16. The Morgan fingerprint density at radius 2 is 2.00 bits per heavy atom. The van der Waals surface area contributed by atoms with E-state index in [1.54, 1.807) is 11.3 Å². The molecule has 3 aromatic rings. The molecule has 9 heteroatoms. The van der Waals surface area contributed by atoms with Gasteiger partial charge in [0.2, 0.25) is 5.91 Å². The number of ether oxygens (including phenoxy) is 2. The van der Waals surface area contributed by atoms with Crippen molar-refractivity contribution in [2.24, 2.45) is 0 Å². The number of aromatic amines is 1. The smallest absolute Gasteiger partial charge is 0.224 e. The number of amides is 1. The molecular formula is C22H26N4O3S2. The third-order valence-electron chi connectivity index (χ3n) is 5.29. The van der Waals surface area contributed by atoms with Gasteiger partial charge >= 0.3 is 0 Å². The van der Waals surface area contributed by atoms with E-state index in [4.69, 9.17) is 21.7 Å². The molecule has 0 unspecified atom stereocenters. The number of benzene rings is 1. The summed E-state index contributed by atoms with van der Waals surface area (Å²) in [5.74, 6) is 2.45. The summed E-state index contributed by atoms with van der Waals surface area (Å²) in [7, 11) is 0. The highest BCUT2D eigenvalue weighted by Gasteiger charge is 2.25. The number of rotatable bonds is 8. The van der Waals surface area contributed by atoms with Crippen LogP contribution in [-0.2, 0) is 11.3 Å². The first-order valence-electron chi connectivity index (χ1n) is 10.5. The molecule has 1 aliphatic heterocycles. The van der Waals surface area contributed by atoms with E-state index in [1.165, 1.54) is 0 Å². The molecule has 0 atom stereocenters. The maximum atomic E-state index is 12.8. The van der Waals surface area contributed by atoms with Crippen LogP contribution in [0.5, 0.6) is 11.5 Å². The van der Waals surface area contributed by atoms with Crippen molar-refractivity contribution in [1.29, 1.82) is 0 Å². The van der Waals surface area contributed by atoms with Gasteiger partial charge in [-0.05, 0) is 42.7 Å². The zero-order valence-corrected chi connectivity index (χ0v) is 19.1. The average Bonchev–Trinajstić information content (AvgIpc) is 3.44. The minimum absolute atomic E-state index is 0.0820. The highest BCUT2D eigenvalue weighted by atomic mass is 32.1. The fourth-order valence-corrected chi connectivity index (χ4v) is 4.65. The summed E-state index contributed by atoms with van der Waals surface area (Å²) in [5, 5.41) is 9.17. The lowest BCUT2D eigenvalue weighted by Crippen LogP contribution is -2.42. The molecule has 0 bridgehead atoms. The monoisotopic (exact) mass is 458 g/mol. The predicted molar refractivity (Wildman–Crippen MR) is 123 cm³/mol. The maximum absolute atomic E-state index is 12.8. The van der Waals surface area contributed by atoms with Gasteiger partial charge < -0.3 is 14.4 Å². The number of thiophene rings is 1. The number of nitrogens with one attached hydrogen (secondary N) is 1. The third-order valence-corrected chi connectivity index (χ3v) is 6.46. The Morgan fingerprint density at radius 3 is 2.71 bits per heavy atom. The minimum Gasteiger partial charge on any atom is -0.490 e. The number of carbonyl (C=O) groups is 1. The van der Waals surface area contributed by atoms with Crippen molar-refractivity contribution in [3.05, 3.63) is 46.5 Å². The molecular weight excluding hydrogens is 432 g/mol. The molecule has 3 heterocycles. The fourth-order valence-electron chi connectivity index (χ4n) is 3.71. The summed E-state index contributed by atoms with van der Waals surface area (Å²) in [5.41, 5.74) is 0. The first-order chi connectivity index (χ1) is 15.2. The molecule has 1 fully saturated rings. The Hall–Kier alpha value is -2.65. The van der Waals surface area contributed by atoms with E-state index in [-0.39, 0.29) is 12.0 Å². The van der Waals surface area contributed by atoms with Crippen LogP contribution in [0.2, 0.25) is 0 Å². The molecule has 1 aromatic carbocycles. The number of hydrogen-bond acceptors (Lipinski definition) is 6. The van der Waals surface area contributed by atoms with Gasteiger partial charge in [-0.3, -0.25) is 14.5 Å². The molecule has 31 heavy (non-hydrogen) atoms. The van der Waals surface area contributed by atoms with E-state index < -0.39 is 0 Å². The number of carbonyl (C=O) groups excluding carboxylic acids is 1. The van der Waals surface area contributed by atoms with E-state index in [0.717, 1.165) is 35.0 Å². The van der Waals surface area contributed by atoms with Crippen LogP contribution in [0.3, 0.4) is 0 Å². The summed E-state index contributed by atoms with van der Waals surface area (Å²) >= 11 is 6.96. The molecule has 0 aliphatic carbocycles. The first-order valence-corrected chi connectivity index (χ1v) is 11.8. The fraction of sp³-hybridized carbons (Fsp3) is 0.409. The Balaban J connectivity index is 1.30. The Morgan fingerprint density at radius 1 is 1.23 bits per heavy atom. The number of H-pyrrole nitrogens is 1. The van der Waals surface area contributed by atoms with E-state index >= 15 is 0 Å². The lowest BCUT2D eigenvalue weighted by atomic mass is 10.1. The molecule has 2 aromatic heterocycles. The topological polar surface area (TPSA) is 72.4 Å². The predicted octanol–water partition coefficient (Wildman–Crippen LogP) is 4.53. The number of para-hydroxylation sites is 2. The molecule has 1 N–H and O–H groups in total. The molecule has 1 amide bonds. The Kier molecular flexibility index (Phi) is 7.03. The second kappa shape index (κ2) is 10.1. The van der Waals surface area contributed by atoms with Crippen LogP contribution in [0, 0.1) is 4.77 Å². The van der Waals surface area contributed by atoms with Gasteiger partial charge in [0.15, 0.2) is 22.1 Å². The second-order valence-electron chi connectivity index (χ2n) is 7.31. The van der Waals surface area contributed by atoms with E-state index in [1.807, 2.05) is 58.2 Å². The van der Waals surface area contributed by atoms with Crippen molar-refractivity contribution in [3.8, 4) is 22.2 Å². The van der Waals surface area contributed by atoms with Gasteiger partial charge in [-0.25, -0.2) is 0 Å². The van der Waals surface area contributed by atoms with Gasteiger partial charge in [0, 0.05) is 38.9 Å². The molecule has 1 saturated heterocycles. The number of hydrogen-bond donors (Lipinski definition) is 1. The second-order valence-corrected chi connectivity index (χ2v) is 8.64. The van der Waals surface area contributed by atoms with Gasteiger partial charge in [0.1, 0.15) is 6.10 Å². The van der Waals surface area contributed by atoms with Crippen molar-refractivity contribution in [1.82, 2.24) is 19.7 Å². The maximum Gasteiger partial charge on any atom is 0.224 e. The average molecular weight is 459 g/mol. The van der Waals surface area contributed by atoms with Crippen molar-refractivity contribution < 1.29 is 14.3 Å².